The number of hydrazine groups is 1. The van der Waals surface area contributed by atoms with E-state index in [9.17, 15) is 0 Å². The van der Waals surface area contributed by atoms with E-state index in [0.29, 0.717) is 23.6 Å². The maximum absolute atomic E-state index is 5.32. The number of aromatic nitrogens is 5. The van der Waals surface area contributed by atoms with Gasteiger partial charge in [0.15, 0.2) is 17.0 Å². The zero-order valence-electron chi connectivity index (χ0n) is 9.08. The zero-order valence-corrected chi connectivity index (χ0v) is 9.08. The van der Waals surface area contributed by atoms with Crippen molar-refractivity contribution in [3.63, 3.8) is 0 Å². The van der Waals surface area contributed by atoms with Crippen LogP contribution in [0.5, 0.6) is 0 Å². The maximum Gasteiger partial charge on any atom is 0.184 e. The number of anilines is 1. The average Bonchev–Trinajstić information content (AvgIpc) is 2.72. The molecule has 3 N–H and O–H groups in total. The number of nitrogens with one attached hydrogen (secondary N) is 1. The van der Waals surface area contributed by atoms with Crippen LogP contribution in [0.15, 0.2) is 6.33 Å². The molecule has 0 radical (unpaired) electrons. The number of ether oxygens (including phenoxy) is 1. The van der Waals surface area contributed by atoms with E-state index in [2.05, 4.69) is 25.7 Å². The van der Waals surface area contributed by atoms with Crippen molar-refractivity contribution in [2.24, 2.45) is 5.84 Å². The largest absolute Gasteiger partial charge is 0.382 e. The van der Waals surface area contributed by atoms with Crippen molar-refractivity contribution in [2.75, 3.05) is 19.1 Å². The van der Waals surface area contributed by atoms with Crippen molar-refractivity contribution in [3.05, 3.63) is 6.33 Å². The third-order valence-corrected chi connectivity index (χ3v) is 2.22. The highest BCUT2D eigenvalue weighted by Gasteiger charge is 2.14. The lowest BCUT2D eigenvalue weighted by molar-refractivity contribution is 0.157. The second-order valence-corrected chi connectivity index (χ2v) is 3.38. The molecule has 0 spiro atoms. The predicted molar refractivity (Wildman–Crippen MR) is 57.5 cm³/mol. The standard InChI is InChI=1S/C8H13N7O/c1-5(3-16-2)15-8-6(13-14-15)7(12-9)10-4-11-8/h4-5H,3,9H2,1-2H3,(H,10,11,12). The summed E-state index contributed by atoms with van der Waals surface area (Å²) in [6, 6.07) is 0.0514. The summed E-state index contributed by atoms with van der Waals surface area (Å²) >= 11 is 0. The minimum absolute atomic E-state index is 0.0514. The van der Waals surface area contributed by atoms with Gasteiger partial charge in [0.05, 0.1) is 12.6 Å². The van der Waals surface area contributed by atoms with Gasteiger partial charge in [0.2, 0.25) is 0 Å². The molecule has 1 unspecified atom stereocenters. The fourth-order valence-corrected chi connectivity index (χ4v) is 1.48. The predicted octanol–water partition coefficient (Wildman–Crippen LogP) is -0.286. The quantitative estimate of drug-likeness (QED) is 0.542. The Hall–Kier alpha value is -1.80. The zero-order chi connectivity index (χ0) is 11.5. The molecule has 0 fully saturated rings. The van der Waals surface area contributed by atoms with Crippen molar-refractivity contribution in [1.82, 2.24) is 25.0 Å². The molecular formula is C8H13N7O. The van der Waals surface area contributed by atoms with Gasteiger partial charge in [0, 0.05) is 7.11 Å². The SMILES string of the molecule is COCC(C)n1nnc2c(NN)ncnc21. The van der Waals surface area contributed by atoms with Crippen molar-refractivity contribution in [1.29, 1.82) is 0 Å². The summed E-state index contributed by atoms with van der Waals surface area (Å²) in [6.45, 7) is 2.50. The van der Waals surface area contributed by atoms with E-state index in [1.807, 2.05) is 6.92 Å². The van der Waals surface area contributed by atoms with Gasteiger partial charge in [-0.2, -0.15) is 0 Å². The molecule has 16 heavy (non-hydrogen) atoms. The van der Waals surface area contributed by atoms with Gasteiger partial charge in [0.1, 0.15) is 6.33 Å². The molecular weight excluding hydrogens is 210 g/mol. The molecule has 0 bridgehead atoms. The van der Waals surface area contributed by atoms with E-state index in [0.717, 1.165) is 0 Å². The average molecular weight is 223 g/mol. The Morgan fingerprint density at radius 2 is 2.38 bits per heavy atom. The Bertz CT molecular complexity index is 482. The Kier molecular flexibility index (Phi) is 2.93. The summed E-state index contributed by atoms with van der Waals surface area (Å²) in [5, 5.41) is 7.99. The first kappa shape index (κ1) is 10.7. The van der Waals surface area contributed by atoms with Crippen LogP contribution in [0, 0.1) is 0 Å². The molecule has 0 aliphatic carbocycles. The van der Waals surface area contributed by atoms with Gasteiger partial charge in [-0.3, -0.25) is 0 Å². The third-order valence-electron chi connectivity index (χ3n) is 2.22. The molecule has 0 amide bonds. The van der Waals surface area contributed by atoms with Gasteiger partial charge < -0.3 is 10.2 Å². The van der Waals surface area contributed by atoms with E-state index in [4.69, 9.17) is 10.6 Å². The van der Waals surface area contributed by atoms with Gasteiger partial charge >= 0.3 is 0 Å². The fraction of sp³-hybridized carbons (Fsp3) is 0.500. The number of nitrogen functional groups attached to an aromatic ring is 1. The highest BCUT2D eigenvalue weighted by atomic mass is 16.5. The van der Waals surface area contributed by atoms with Crippen LogP contribution in [-0.4, -0.2) is 38.7 Å². The lowest BCUT2D eigenvalue weighted by atomic mass is 10.3. The second-order valence-electron chi connectivity index (χ2n) is 3.38. The highest BCUT2D eigenvalue weighted by molar-refractivity contribution is 5.81. The molecule has 8 nitrogen and oxygen atoms in total. The van der Waals surface area contributed by atoms with Crippen LogP contribution in [0.2, 0.25) is 0 Å². The molecule has 2 rings (SSSR count). The maximum atomic E-state index is 5.32. The van der Waals surface area contributed by atoms with Crippen LogP contribution in [0.3, 0.4) is 0 Å². The molecule has 2 aromatic rings. The summed E-state index contributed by atoms with van der Waals surface area (Å²) in [7, 11) is 1.64. The lowest BCUT2D eigenvalue weighted by Crippen LogP contribution is -2.13. The smallest absolute Gasteiger partial charge is 0.184 e. The number of hydrogen-bond acceptors (Lipinski definition) is 7. The van der Waals surface area contributed by atoms with Crippen molar-refractivity contribution in [3.8, 4) is 0 Å². The number of methoxy groups -OCH3 is 1. The Morgan fingerprint density at radius 3 is 3.06 bits per heavy atom. The van der Waals surface area contributed by atoms with Gasteiger partial charge in [-0.25, -0.2) is 20.5 Å². The molecule has 0 saturated heterocycles. The van der Waals surface area contributed by atoms with E-state index >= 15 is 0 Å². The molecule has 0 aliphatic rings. The van der Waals surface area contributed by atoms with Crippen molar-refractivity contribution >= 4 is 17.0 Å². The molecule has 1 atom stereocenters. The second kappa shape index (κ2) is 4.37. The van der Waals surface area contributed by atoms with Crippen LogP contribution in [-0.2, 0) is 4.74 Å². The molecule has 2 aromatic heterocycles. The van der Waals surface area contributed by atoms with E-state index in [1.54, 1.807) is 11.8 Å². The van der Waals surface area contributed by atoms with E-state index < -0.39 is 0 Å². The van der Waals surface area contributed by atoms with Gasteiger partial charge in [-0.15, -0.1) is 5.10 Å². The molecule has 0 aliphatic heterocycles. The summed E-state index contributed by atoms with van der Waals surface area (Å²) < 4.78 is 6.74. The van der Waals surface area contributed by atoms with Crippen molar-refractivity contribution in [2.45, 2.75) is 13.0 Å². The normalized spacial score (nSPS) is 12.9. The summed E-state index contributed by atoms with van der Waals surface area (Å²) in [5.41, 5.74) is 3.64. The van der Waals surface area contributed by atoms with Crippen molar-refractivity contribution < 1.29 is 4.74 Å². The number of rotatable bonds is 4. The van der Waals surface area contributed by atoms with Gasteiger partial charge in [-0.05, 0) is 6.92 Å². The van der Waals surface area contributed by atoms with Crippen LogP contribution in [0.1, 0.15) is 13.0 Å². The molecule has 86 valence electrons. The first-order chi connectivity index (χ1) is 7.77. The minimum atomic E-state index is 0.0514. The first-order valence-corrected chi connectivity index (χ1v) is 4.79. The number of fused-ring (bicyclic) bond motifs is 1. The van der Waals surface area contributed by atoms with Gasteiger partial charge in [0.25, 0.3) is 0 Å². The van der Waals surface area contributed by atoms with Gasteiger partial charge in [-0.1, -0.05) is 5.21 Å². The third kappa shape index (κ3) is 1.68. The molecule has 8 heteroatoms. The van der Waals surface area contributed by atoms with Crippen LogP contribution < -0.4 is 11.3 Å². The van der Waals surface area contributed by atoms with E-state index in [-0.39, 0.29) is 6.04 Å². The van der Waals surface area contributed by atoms with Crippen LogP contribution >= 0.6 is 0 Å². The summed E-state index contributed by atoms with van der Waals surface area (Å²) in [5.74, 6) is 5.78. The Morgan fingerprint density at radius 1 is 1.56 bits per heavy atom. The van der Waals surface area contributed by atoms with Crippen LogP contribution in [0.4, 0.5) is 5.82 Å². The monoisotopic (exact) mass is 223 g/mol. The molecule has 0 aromatic carbocycles. The minimum Gasteiger partial charge on any atom is -0.382 e. The Labute approximate surface area is 91.8 Å². The fourth-order valence-electron chi connectivity index (χ4n) is 1.48. The molecule has 0 saturated carbocycles. The van der Waals surface area contributed by atoms with Crippen LogP contribution in [0.25, 0.3) is 11.2 Å². The molecule has 2 heterocycles. The highest BCUT2D eigenvalue weighted by Crippen LogP contribution is 2.17. The summed E-state index contributed by atoms with van der Waals surface area (Å²) in [6.07, 6.45) is 1.41. The first-order valence-electron chi connectivity index (χ1n) is 4.79. The summed E-state index contributed by atoms with van der Waals surface area (Å²) in [4.78, 5) is 8.08. The van der Waals surface area contributed by atoms with E-state index in [1.165, 1.54) is 6.33 Å². The topological polar surface area (TPSA) is 104 Å². The number of hydrogen-bond donors (Lipinski definition) is 2. The number of nitrogens with two attached hydrogens (primary N) is 1. The lowest BCUT2D eigenvalue weighted by Gasteiger charge is -2.09. The number of nitrogens with zero attached hydrogens (tertiary/aromatic N) is 5. The Balaban J connectivity index is 2.48.